The number of hydrogen-bond acceptors (Lipinski definition) is 3. The van der Waals surface area contributed by atoms with E-state index in [2.05, 4.69) is 35.8 Å². The fraction of sp³-hybridized carbons (Fsp3) is 0.556. The van der Waals surface area contributed by atoms with Crippen LogP contribution in [0, 0.1) is 0 Å². The largest absolute Gasteiger partial charge is 0.298 e. The van der Waals surface area contributed by atoms with Crippen LogP contribution in [0.3, 0.4) is 0 Å². The lowest BCUT2D eigenvalue weighted by Gasteiger charge is -2.19. The SMILES string of the molecule is CC(C)N(C)Cc1ccncn1. The molecule has 0 aromatic carbocycles. The van der Waals surface area contributed by atoms with E-state index in [4.69, 9.17) is 0 Å². The molecule has 0 aliphatic carbocycles. The Morgan fingerprint density at radius 3 is 2.75 bits per heavy atom. The summed E-state index contributed by atoms with van der Waals surface area (Å²) in [5.74, 6) is 0. The van der Waals surface area contributed by atoms with E-state index in [-0.39, 0.29) is 0 Å². The molecule has 1 aromatic heterocycles. The standard InChI is InChI=1S/C9H15N3/c1-8(2)12(3)6-9-4-5-10-7-11-9/h4-5,7-8H,6H2,1-3H3. The maximum Gasteiger partial charge on any atom is 0.115 e. The van der Waals surface area contributed by atoms with Gasteiger partial charge >= 0.3 is 0 Å². The van der Waals surface area contributed by atoms with Crippen molar-refractivity contribution >= 4 is 0 Å². The molecule has 0 saturated carbocycles. The number of rotatable bonds is 3. The normalized spacial score (nSPS) is 11.1. The van der Waals surface area contributed by atoms with Crippen LogP contribution in [0.5, 0.6) is 0 Å². The van der Waals surface area contributed by atoms with Crippen molar-refractivity contribution in [3.05, 3.63) is 24.3 Å². The second kappa shape index (κ2) is 4.16. The Morgan fingerprint density at radius 2 is 2.25 bits per heavy atom. The van der Waals surface area contributed by atoms with Crippen LogP contribution in [0.4, 0.5) is 0 Å². The van der Waals surface area contributed by atoms with Crippen molar-refractivity contribution in [2.24, 2.45) is 0 Å². The molecule has 0 fully saturated rings. The monoisotopic (exact) mass is 165 g/mol. The van der Waals surface area contributed by atoms with E-state index >= 15 is 0 Å². The Bertz CT molecular complexity index is 220. The molecule has 0 aliphatic heterocycles. The summed E-state index contributed by atoms with van der Waals surface area (Å²) in [6, 6.07) is 2.50. The Morgan fingerprint density at radius 1 is 1.50 bits per heavy atom. The van der Waals surface area contributed by atoms with Gasteiger partial charge in [0.1, 0.15) is 6.33 Å². The Kier molecular flexibility index (Phi) is 3.17. The maximum atomic E-state index is 4.15. The zero-order chi connectivity index (χ0) is 8.97. The summed E-state index contributed by atoms with van der Waals surface area (Å²) in [6.45, 7) is 5.22. The minimum absolute atomic E-state index is 0.556. The van der Waals surface area contributed by atoms with Gasteiger partial charge in [0.2, 0.25) is 0 Å². The first-order valence-electron chi connectivity index (χ1n) is 4.15. The van der Waals surface area contributed by atoms with Gasteiger partial charge in [-0.2, -0.15) is 0 Å². The van der Waals surface area contributed by atoms with Crippen molar-refractivity contribution in [3.8, 4) is 0 Å². The Hall–Kier alpha value is -0.960. The van der Waals surface area contributed by atoms with Gasteiger partial charge in [-0.3, -0.25) is 4.90 Å². The highest BCUT2D eigenvalue weighted by molar-refractivity contribution is 4.97. The molecule has 3 nitrogen and oxygen atoms in total. The third-order valence-corrected chi connectivity index (χ3v) is 1.94. The molecule has 1 heterocycles. The van der Waals surface area contributed by atoms with E-state index in [1.165, 1.54) is 0 Å². The smallest absolute Gasteiger partial charge is 0.115 e. The van der Waals surface area contributed by atoms with Crippen LogP contribution in [0.15, 0.2) is 18.6 Å². The predicted octanol–water partition coefficient (Wildman–Crippen LogP) is 1.32. The summed E-state index contributed by atoms with van der Waals surface area (Å²) in [5, 5.41) is 0. The van der Waals surface area contributed by atoms with Crippen LogP contribution in [-0.4, -0.2) is 28.0 Å². The fourth-order valence-electron chi connectivity index (χ4n) is 0.850. The average Bonchev–Trinajstić information content (AvgIpc) is 2.06. The molecule has 1 aromatic rings. The molecule has 0 N–H and O–H groups in total. The minimum atomic E-state index is 0.556. The minimum Gasteiger partial charge on any atom is -0.298 e. The molecule has 0 amide bonds. The molecule has 0 atom stereocenters. The number of hydrogen-bond donors (Lipinski definition) is 0. The van der Waals surface area contributed by atoms with Gasteiger partial charge in [0, 0.05) is 18.8 Å². The molecule has 0 aliphatic rings. The second-order valence-electron chi connectivity index (χ2n) is 3.21. The second-order valence-corrected chi connectivity index (χ2v) is 3.21. The molecule has 1 rings (SSSR count). The quantitative estimate of drug-likeness (QED) is 0.676. The van der Waals surface area contributed by atoms with Crippen LogP contribution in [0.25, 0.3) is 0 Å². The van der Waals surface area contributed by atoms with Crippen LogP contribution < -0.4 is 0 Å². The lowest BCUT2D eigenvalue weighted by molar-refractivity contribution is 0.262. The van der Waals surface area contributed by atoms with Gasteiger partial charge in [-0.25, -0.2) is 9.97 Å². The molecular weight excluding hydrogens is 150 g/mol. The predicted molar refractivity (Wildman–Crippen MR) is 48.6 cm³/mol. The summed E-state index contributed by atoms with van der Waals surface area (Å²) >= 11 is 0. The third-order valence-electron chi connectivity index (χ3n) is 1.94. The van der Waals surface area contributed by atoms with Crippen molar-refractivity contribution in [1.82, 2.24) is 14.9 Å². The molecule has 3 heteroatoms. The molecular formula is C9H15N3. The summed E-state index contributed by atoms with van der Waals surface area (Å²) in [5.41, 5.74) is 1.07. The van der Waals surface area contributed by atoms with Crippen LogP contribution >= 0.6 is 0 Å². The van der Waals surface area contributed by atoms with Crippen LogP contribution in [-0.2, 0) is 6.54 Å². The first-order chi connectivity index (χ1) is 5.70. The van der Waals surface area contributed by atoms with Gasteiger partial charge in [-0.05, 0) is 27.0 Å². The molecule has 0 unspecified atom stereocenters. The Balaban J connectivity index is 2.53. The van der Waals surface area contributed by atoms with Gasteiger partial charge in [0.05, 0.1) is 5.69 Å². The van der Waals surface area contributed by atoms with Gasteiger partial charge in [0.15, 0.2) is 0 Å². The molecule has 12 heavy (non-hydrogen) atoms. The van der Waals surface area contributed by atoms with Gasteiger partial charge in [-0.1, -0.05) is 0 Å². The summed E-state index contributed by atoms with van der Waals surface area (Å²) < 4.78 is 0. The fourth-order valence-corrected chi connectivity index (χ4v) is 0.850. The molecule has 0 spiro atoms. The van der Waals surface area contributed by atoms with Crippen LogP contribution in [0.2, 0.25) is 0 Å². The van der Waals surface area contributed by atoms with Gasteiger partial charge in [-0.15, -0.1) is 0 Å². The van der Waals surface area contributed by atoms with Crippen molar-refractivity contribution in [2.45, 2.75) is 26.4 Å². The highest BCUT2D eigenvalue weighted by atomic mass is 15.1. The summed E-state index contributed by atoms with van der Waals surface area (Å²) in [4.78, 5) is 10.3. The highest BCUT2D eigenvalue weighted by Gasteiger charge is 2.03. The molecule has 0 bridgehead atoms. The van der Waals surface area contributed by atoms with Gasteiger partial charge < -0.3 is 0 Å². The average molecular weight is 165 g/mol. The number of aromatic nitrogens is 2. The first-order valence-corrected chi connectivity index (χ1v) is 4.15. The zero-order valence-electron chi connectivity index (χ0n) is 7.86. The van der Waals surface area contributed by atoms with Crippen molar-refractivity contribution < 1.29 is 0 Å². The Labute approximate surface area is 73.5 Å². The lowest BCUT2D eigenvalue weighted by atomic mass is 10.3. The van der Waals surface area contributed by atoms with Crippen LogP contribution in [0.1, 0.15) is 19.5 Å². The van der Waals surface area contributed by atoms with Crippen molar-refractivity contribution in [2.75, 3.05) is 7.05 Å². The lowest BCUT2D eigenvalue weighted by Crippen LogP contribution is -2.25. The van der Waals surface area contributed by atoms with Gasteiger partial charge in [0.25, 0.3) is 0 Å². The zero-order valence-corrected chi connectivity index (χ0v) is 7.86. The van der Waals surface area contributed by atoms with E-state index in [0.717, 1.165) is 12.2 Å². The van der Waals surface area contributed by atoms with E-state index in [1.807, 2.05) is 6.07 Å². The van der Waals surface area contributed by atoms with Crippen molar-refractivity contribution in [1.29, 1.82) is 0 Å². The molecule has 66 valence electrons. The van der Waals surface area contributed by atoms with E-state index in [1.54, 1.807) is 12.5 Å². The summed E-state index contributed by atoms with van der Waals surface area (Å²) in [6.07, 6.45) is 3.36. The van der Waals surface area contributed by atoms with E-state index in [9.17, 15) is 0 Å². The van der Waals surface area contributed by atoms with E-state index < -0.39 is 0 Å². The third kappa shape index (κ3) is 2.58. The number of nitrogens with zero attached hydrogens (tertiary/aromatic N) is 3. The molecule has 0 saturated heterocycles. The highest BCUT2D eigenvalue weighted by Crippen LogP contribution is 2.00. The summed E-state index contributed by atoms with van der Waals surface area (Å²) in [7, 11) is 2.09. The van der Waals surface area contributed by atoms with E-state index in [0.29, 0.717) is 6.04 Å². The topological polar surface area (TPSA) is 29.0 Å². The first kappa shape index (κ1) is 9.13. The maximum absolute atomic E-state index is 4.15. The van der Waals surface area contributed by atoms with Crippen molar-refractivity contribution in [3.63, 3.8) is 0 Å². The molecule has 0 radical (unpaired) electrons.